The van der Waals surface area contributed by atoms with Gasteiger partial charge in [-0.25, -0.2) is 8.42 Å². The van der Waals surface area contributed by atoms with Gasteiger partial charge in [0.1, 0.15) is 5.75 Å². The Morgan fingerprint density at radius 3 is 2.09 bits per heavy atom. The van der Waals surface area contributed by atoms with Crippen LogP contribution in [0.3, 0.4) is 0 Å². The van der Waals surface area contributed by atoms with Crippen molar-refractivity contribution >= 4 is 27.3 Å². The topological polar surface area (TPSA) is 87.7 Å². The van der Waals surface area contributed by atoms with Gasteiger partial charge in [0.2, 0.25) is 0 Å². The average Bonchev–Trinajstić information content (AvgIpc) is 2.86. The van der Waals surface area contributed by atoms with Crippen molar-refractivity contribution in [3.8, 4) is 5.75 Å². The minimum atomic E-state index is -3.75. The summed E-state index contributed by atoms with van der Waals surface area (Å²) in [5, 5.41) is 2.82. The SMILES string of the molecule is COc1ccc(NS(=O)(=O)c2ccc(NC(=O)c3ccc(CN4CCCCC4)cc3)cc2)cc1. The zero-order valence-electron chi connectivity index (χ0n) is 19.2. The second-order valence-electron chi connectivity index (χ2n) is 8.35. The number of piperidine rings is 1. The van der Waals surface area contributed by atoms with E-state index in [0.717, 1.165) is 19.6 Å². The van der Waals surface area contributed by atoms with Gasteiger partial charge in [0.05, 0.1) is 12.0 Å². The number of benzene rings is 3. The van der Waals surface area contributed by atoms with Crippen LogP contribution >= 0.6 is 0 Å². The molecule has 7 nitrogen and oxygen atoms in total. The maximum atomic E-state index is 12.7. The van der Waals surface area contributed by atoms with Gasteiger partial charge >= 0.3 is 0 Å². The maximum Gasteiger partial charge on any atom is 0.261 e. The molecule has 1 saturated heterocycles. The molecule has 1 fully saturated rings. The molecule has 3 aromatic carbocycles. The molecule has 0 saturated carbocycles. The highest BCUT2D eigenvalue weighted by Crippen LogP contribution is 2.21. The third-order valence-corrected chi connectivity index (χ3v) is 7.23. The van der Waals surface area contributed by atoms with Gasteiger partial charge in [0.25, 0.3) is 15.9 Å². The van der Waals surface area contributed by atoms with E-state index in [1.165, 1.54) is 37.0 Å². The number of carbonyl (C=O) groups is 1. The summed E-state index contributed by atoms with van der Waals surface area (Å²) in [6.07, 6.45) is 3.80. The Kier molecular flexibility index (Phi) is 7.49. The van der Waals surface area contributed by atoms with Crippen LogP contribution in [0.15, 0.2) is 77.7 Å². The molecule has 0 aromatic heterocycles. The highest BCUT2D eigenvalue weighted by atomic mass is 32.2. The number of nitrogens with one attached hydrogen (secondary N) is 2. The van der Waals surface area contributed by atoms with Crippen LogP contribution in [-0.2, 0) is 16.6 Å². The first kappa shape index (κ1) is 23.8. The van der Waals surface area contributed by atoms with Crippen molar-refractivity contribution in [3.63, 3.8) is 0 Å². The lowest BCUT2D eigenvalue weighted by molar-refractivity contribution is 0.102. The highest BCUT2D eigenvalue weighted by molar-refractivity contribution is 7.92. The Bertz CT molecular complexity index is 1200. The van der Waals surface area contributed by atoms with Crippen molar-refractivity contribution in [3.05, 3.63) is 83.9 Å². The van der Waals surface area contributed by atoms with E-state index in [4.69, 9.17) is 4.74 Å². The largest absolute Gasteiger partial charge is 0.497 e. The van der Waals surface area contributed by atoms with Crippen LogP contribution in [0.5, 0.6) is 5.75 Å². The first-order valence-corrected chi connectivity index (χ1v) is 12.8. The third-order valence-electron chi connectivity index (χ3n) is 5.84. The van der Waals surface area contributed by atoms with E-state index < -0.39 is 10.0 Å². The van der Waals surface area contributed by atoms with E-state index in [2.05, 4.69) is 14.9 Å². The van der Waals surface area contributed by atoms with E-state index in [9.17, 15) is 13.2 Å². The summed E-state index contributed by atoms with van der Waals surface area (Å²) in [4.78, 5) is 15.2. The Balaban J connectivity index is 1.35. The Hall–Kier alpha value is -3.36. The summed E-state index contributed by atoms with van der Waals surface area (Å²) in [6.45, 7) is 3.16. The minimum absolute atomic E-state index is 0.100. The number of nitrogens with zero attached hydrogens (tertiary/aromatic N) is 1. The van der Waals surface area contributed by atoms with Crippen molar-refractivity contribution < 1.29 is 17.9 Å². The number of amides is 1. The Morgan fingerprint density at radius 2 is 1.47 bits per heavy atom. The molecular formula is C26H29N3O4S. The van der Waals surface area contributed by atoms with Crippen LogP contribution in [0.2, 0.25) is 0 Å². The molecule has 3 aromatic rings. The standard InChI is InChI=1S/C26H29N3O4S/c1-33-24-13-9-23(10-14-24)28-34(31,32)25-15-11-22(12-16-25)27-26(30)21-7-5-20(6-8-21)19-29-17-3-2-4-18-29/h5-16,28H,2-4,17-19H2,1H3,(H,27,30). The fourth-order valence-corrected chi connectivity index (χ4v) is 4.99. The molecule has 2 N–H and O–H groups in total. The van der Waals surface area contributed by atoms with Crippen LogP contribution in [0, 0.1) is 0 Å². The number of methoxy groups -OCH3 is 1. The van der Waals surface area contributed by atoms with E-state index in [1.54, 1.807) is 43.5 Å². The summed E-state index contributed by atoms with van der Waals surface area (Å²) in [7, 11) is -2.21. The van der Waals surface area contributed by atoms with Gasteiger partial charge in [-0.3, -0.25) is 14.4 Å². The second kappa shape index (κ2) is 10.7. The summed E-state index contributed by atoms with van der Waals surface area (Å²) >= 11 is 0. The zero-order valence-corrected chi connectivity index (χ0v) is 20.0. The molecule has 0 atom stereocenters. The Labute approximate surface area is 200 Å². The molecule has 0 radical (unpaired) electrons. The molecule has 1 aliphatic heterocycles. The van der Waals surface area contributed by atoms with E-state index in [1.807, 2.05) is 24.3 Å². The highest BCUT2D eigenvalue weighted by Gasteiger charge is 2.15. The molecule has 178 valence electrons. The molecule has 0 spiro atoms. The van der Waals surface area contributed by atoms with E-state index >= 15 is 0 Å². The molecule has 0 bridgehead atoms. The zero-order chi connectivity index (χ0) is 24.0. The van der Waals surface area contributed by atoms with E-state index in [0.29, 0.717) is 22.7 Å². The average molecular weight is 480 g/mol. The number of ether oxygens (including phenoxy) is 1. The molecule has 8 heteroatoms. The number of hydrogen-bond donors (Lipinski definition) is 2. The number of anilines is 2. The summed E-state index contributed by atoms with van der Waals surface area (Å²) in [5.74, 6) is 0.399. The van der Waals surface area contributed by atoms with Crippen molar-refractivity contribution in [2.45, 2.75) is 30.7 Å². The van der Waals surface area contributed by atoms with Gasteiger partial charge in [-0.2, -0.15) is 0 Å². The van der Waals surface area contributed by atoms with E-state index in [-0.39, 0.29) is 10.8 Å². The molecule has 0 unspecified atom stereocenters. The smallest absolute Gasteiger partial charge is 0.261 e. The van der Waals surface area contributed by atoms with Gasteiger partial charge in [-0.05, 0) is 92.2 Å². The molecule has 4 rings (SSSR count). The fourth-order valence-electron chi connectivity index (χ4n) is 3.93. The van der Waals surface area contributed by atoms with Gasteiger partial charge in [-0.1, -0.05) is 18.6 Å². The lowest BCUT2D eigenvalue weighted by atomic mass is 10.1. The van der Waals surface area contributed by atoms with Crippen molar-refractivity contribution in [2.24, 2.45) is 0 Å². The third kappa shape index (κ3) is 6.15. The van der Waals surface area contributed by atoms with Crippen LogP contribution in [-0.4, -0.2) is 39.4 Å². The van der Waals surface area contributed by atoms with Crippen molar-refractivity contribution in [1.82, 2.24) is 4.90 Å². The molecule has 0 aliphatic carbocycles. The molecule has 34 heavy (non-hydrogen) atoms. The van der Waals surface area contributed by atoms with Gasteiger partial charge in [0, 0.05) is 23.5 Å². The van der Waals surface area contributed by atoms with Crippen LogP contribution in [0.1, 0.15) is 35.2 Å². The lowest BCUT2D eigenvalue weighted by Gasteiger charge is -2.26. The number of hydrogen-bond acceptors (Lipinski definition) is 5. The fraction of sp³-hybridized carbons (Fsp3) is 0.269. The maximum absolute atomic E-state index is 12.7. The van der Waals surface area contributed by atoms with Crippen molar-refractivity contribution in [2.75, 3.05) is 30.2 Å². The second-order valence-corrected chi connectivity index (χ2v) is 10.0. The molecule has 1 aliphatic rings. The monoisotopic (exact) mass is 479 g/mol. The number of rotatable bonds is 8. The van der Waals surface area contributed by atoms with Gasteiger partial charge in [-0.15, -0.1) is 0 Å². The van der Waals surface area contributed by atoms with Crippen molar-refractivity contribution in [1.29, 1.82) is 0 Å². The Morgan fingerprint density at radius 1 is 0.853 bits per heavy atom. The van der Waals surface area contributed by atoms with Crippen LogP contribution in [0.25, 0.3) is 0 Å². The molecular weight excluding hydrogens is 450 g/mol. The minimum Gasteiger partial charge on any atom is -0.497 e. The van der Waals surface area contributed by atoms with Crippen LogP contribution in [0.4, 0.5) is 11.4 Å². The first-order chi connectivity index (χ1) is 16.4. The predicted molar refractivity (Wildman–Crippen MR) is 134 cm³/mol. The van der Waals surface area contributed by atoms with Crippen LogP contribution < -0.4 is 14.8 Å². The normalized spacial score (nSPS) is 14.4. The predicted octanol–water partition coefficient (Wildman–Crippen LogP) is 4.73. The summed E-state index contributed by atoms with van der Waals surface area (Å²) in [6, 6.07) is 20.3. The van der Waals surface area contributed by atoms with Gasteiger partial charge < -0.3 is 10.1 Å². The van der Waals surface area contributed by atoms with Gasteiger partial charge in [0.15, 0.2) is 0 Å². The quantitative estimate of drug-likeness (QED) is 0.488. The lowest BCUT2D eigenvalue weighted by Crippen LogP contribution is -2.29. The summed E-state index contributed by atoms with van der Waals surface area (Å²) in [5.41, 5.74) is 2.70. The number of likely N-dealkylation sites (tertiary alicyclic amines) is 1. The first-order valence-electron chi connectivity index (χ1n) is 11.3. The number of carbonyl (C=O) groups excluding carboxylic acids is 1. The molecule has 1 heterocycles. The number of sulfonamides is 1. The summed E-state index contributed by atoms with van der Waals surface area (Å²) < 4.78 is 32.9. The molecule has 1 amide bonds.